The van der Waals surface area contributed by atoms with E-state index in [2.05, 4.69) is 9.97 Å². The molecule has 0 saturated heterocycles. The molecule has 0 amide bonds. The Bertz CT molecular complexity index is 1000. The van der Waals surface area contributed by atoms with Crippen molar-refractivity contribution in [2.24, 2.45) is 0 Å². The summed E-state index contributed by atoms with van der Waals surface area (Å²) in [5.41, 5.74) is 2.32. The Labute approximate surface area is 149 Å². The average molecular weight is 353 g/mol. The zero-order chi connectivity index (χ0) is 18.1. The number of rotatable bonds is 3. The van der Waals surface area contributed by atoms with E-state index >= 15 is 0 Å². The molecule has 1 aliphatic rings. The van der Waals surface area contributed by atoms with Gasteiger partial charge in [0.25, 0.3) is 5.56 Å². The first kappa shape index (κ1) is 16.6. The molecule has 0 saturated carbocycles. The molecule has 132 valence electrons. The van der Waals surface area contributed by atoms with E-state index in [4.69, 9.17) is 0 Å². The first-order valence-corrected chi connectivity index (χ1v) is 8.44. The SMILES string of the molecule is O=c1[nH]c(-c2ccccc2)nc2c1CN(Cc1cccc(F)c1F)CC2. The highest BCUT2D eigenvalue weighted by Gasteiger charge is 2.22. The summed E-state index contributed by atoms with van der Waals surface area (Å²) in [7, 11) is 0. The monoisotopic (exact) mass is 353 g/mol. The third-order valence-electron chi connectivity index (χ3n) is 4.62. The van der Waals surface area contributed by atoms with Crippen LogP contribution in [0.5, 0.6) is 0 Å². The minimum Gasteiger partial charge on any atom is -0.306 e. The van der Waals surface area contributed by atoms with Crippen LogP contribution in [0.4, 0.5) is 8.78 Å². The van der Waals surface area contributed by atoms with Gasteiger partial charge in [-0.15, -0.1) is 0 Å². The lowest BCUT2D eigenvalue weighted by molar-refractivity contribution is 0.237. The second-order valence-corrected chi connectivity index (χ2v) is 6.38. The Hall–Kier alpha value is -2.86. The van der Waals surface area contributed by atoms with Gasteiger partial charge in [0, 0.05) is 37.2 Å². The van der Waals surface area contributed by atoms with Crippen LogP contribution in [0.25, 0.3) is 11.4 Å². The van der Waals surface area contributed by atoms with Crippen molar-refractivity contribution < 1.29 is 8.78 Å². The zero-order valence-corrected chi connectivity index (χ0v) is 14.0. The molecule has 4 nitrogen and oxygen atoms in total. The van der Waals surface area contributed by atoms with Gasteiger partial charge in [-0.1, -0.05) is 42.5 Å². The largest absolute Gasteiger partial charge is 0.306 e. The van der Waals surface area contributed by atoms with E-state index in [1.165, 1.54) is 6.07 Å². The molecule has 1 aromatic heterocycles. The number of fused-ring (bicyclic) bond motifs is 1. The van der Waals surface area contributed by atoms with Crippen molar-refractivity contribution in [3.05, 3.63) is 87.3 Å². The quantitative estimate of drug-likeness (QED) is 0.786. The Balaban J connectivity index is 1.60. The van der Waals surface area contributed by atoms with Crippen LogP contribution in [0, 0.1) is 11.6 Å². The van der Waals surface area contributed by atoms with Crippen molar-refractivity contribution in [2.45, 2.75) is 19.5 Å². The topological polar surface area (TPSA) is 49.0 Å². The van der Waals surface area contributed by atoms with Crippen LogP contribution in [0.15, 0.2) is 53.3 Å². The van der Waals surface area contributed by atoms with Crippen molar-refractivity contribution in [1.82, 2.24) is 14.9 Å². The van der Waals surface area contributed by atoms with Crippen molar-refractivity contribution >= 4 is 0 Å². The molecule has 0 unspecified atom stereocenters. The molecule has 0 spiro atoms. The van der Waals surface area contributed by atoms with Gasteiger partial charge in [0.2, 0.25) is 0 Å². The van der Waals surface area contributed by atoms with Gasteiger partial charge in [0.1, 0.15) is 5.82 Å². The van der Waals surface area contributed by atoms with Crippen LogP contribution in [-0.2, 0) is 19.5 Å². The number of benzene rings is 2. The highest BCUT2D eigenvalue weighted by molar-refractivity contribution is 5.54. The minimum absolute atomic E-state index is 0.182. The summed E-state index contributed by atoms with van der Waals surface area (Å²) >= 11 is 0. The molecule has 26 heavy (non-hydrogen) atoms. The maximum atomic E-state index is 13.9. The molecule has 2 aromatic carbocycles. The molecule has 6 heteroatoms. The average Bonchev–Trinajstić information content (AvgIpc) is 2.66. The number of hydrogen-bond donors (Lipinski definition) is 1. The van der Waals surface area contributed by atoms with E-state index in [1.54, 1.807) is 6.07 Å². The standard InChI is InChI=1S/C20H17F2N3O/c21-16-8-4-7-14(18(16)22)11-25-10-9-17-15(12-25)20(26)24-19(23-17)13-5-2-1-3-6-13/h1-8H,9-12H2,(H,23,24,26). The molecule has 0 aliphatic carbocycles. The Morgan fingerprint density at radius 1 is 1.08 bits per heavy atom. The van der Waals surface area contributed by atoms with Crippen molar-refractivity contribution in [1.29, 1.82) is 0 Å². The lowest BCUT2D eigenvalue weighted by atomic mass is 10.1. The van der Waals surface area contributed by atoms with Gasteiger partial charge in [-0.25, -0.2) is 13.8 Å². The van der Waals surface area contributed by atoms with Gasteiger partial charge >= 0.3 is 0 Å². The number of aromatic amines is 1. The maximum absolute atomic E-state index is 13.9. The highest BCUT2D eigenvalue weighted by Crippen LogP contribution is 2.21. The first-order chi connectivity index (χ1) is 12.6. The van der Waals surface area contributed by atoms with Gasteiger partial charge in [-0.3, -0.25) is 9.69 Å². The Kier molecular flexibility index (Phi) is 4.34. The third-order valence-corrected chi connectivity index (χ3v) is 4.62. The first-order valence-electron chi connectivity index (χ1n) is 8.44. The fraction of sp³-hybridized carbons (Fsp3) is 0.200. The second kappa shape index (κ2) is 6.80. The van der Waals surface area contributed by atoms with Crippen molar-refractivity contribution in [3.63, 3.8) is 0 Å². The third kappa shape index (κ3) is 3.15. The lowest BCUT2D eigenvalue weighted by Gasteiger charge is -2.27. The normalized spacial score (nSPS) is 14.2. The lowest BCUT2D eigenvalue weighted by Crippen LogP contribution is -2.35. The fourth-order valence-corrected chi connectivity index (χ4v) is 3.26. The molecule has 0 bridgehead atoms. The van der Waals surface area contributed by atoms with Crippen molar-refractivity contribution in [2.75, 3.05) is 6.54 Å². The van der Waals surface area contributed by atoms with E-state index in [0.29, 0.717) is 36.5 Å². The molecular weight excluding hydrogens is 336 g/mol. The number of aromatic nitrogens is 2. The van der Waals surface area contributed by atoms with Gasteiger partial charge in [-0.05, 0) is 6.07 Å². The molecule has 4 rings (SSSR count). The summed E-state index contributed by atoms with van der Waals surface area (Å²) in [6.07, 6.45) is 0.593. The van der Waals surface area contributed by atoms with Gasteiger partial charge in [-0.2, -0.15) is 0 Å². The Morgan fingerprint density at radius 2 is 1.88 bits per heavy atom. The summed E-state index contributed by atoms with van der Waals surface area (Å²) in [6, 6.07) is 13.6. The molecule has 1 N–H and O–H groups in total. The van der Waals surface area contributed by atoms with E-state index in [9.17, 15) is 13.6 Å². The van der Waals surface area contributed by atoms with E-state index in [1.807, 2.05) is 35.2 Å². The van der Waals surface area contributed by atoms with Crippen LogP contribution in [0.3, 0.4) is 0 Å². The molecule has 3 aromatic rings. The van der Waals surface area contributed by atoms with Crippen LogP contribution in [0.1, 0.15) is 16.8 Å². The fourth-order valence-electron chi connectivity index (χ4n) is 3.26. The van der Waals surface area contributed by atoms with Crippen LogP contribution in [-0.4, -0.2) is 21.4 Å². The number of H-pyrrole nitrogens is 1. The molecule has 1 aliphatic heterocycles. The number of halogens is 2. The van der Waals surface area contributed by atoms with E-state index in [-0.39, 0.29) is 12.1 Å². The van der Waals surface area contributed by atoms with Crippen molar-refractivity contribution in [3.8, 4) is 11.4 Å². The van der Waals surface area contributed by atoms with Crippen LogP contribution in [0.2, 0.25) is 0 Å². The minimum atomic E-state index is -0.855. The van der Waals surface area contributed by atoms with Gasteiger partial charge in [0.15, 0.2) is 11.6 Å². The molecule has 2 heterocycles. The number of hydrogen-bond acceptors (Lipinski definition) is 3. The molecule has 0 atom stereocenters. The molecule has 0 radical (unpaired) electrons. The second-order valence-electron chi connectivity index (χ2n) is 6.38. The maximum Gasteiger partial charge on any atom is 0.255 e. The molecular formula is C20H17F2N3O. The summed E-state index contributed by atoms with van der Waals surface area (Å²) in [6.45, 7) is 1.25. The van der Waals surface area contributed by atoms with E-state index < -0.39 is 11.6 Å². The predicted octanol–water partition coefficient (Wildman–Crippen LogP) is 3.27. The summed E-state index contributed by atoms with van der Waals surface area (Å²) in [5, 5.41) is 0. The number of nitrogens with one attached hydrogen (secondary N) is 1. The summed E-state index contributed by atoms with van der Waals surface area (Å²) in [5.74, 6) is -1.13. The highest BCUT2D eigenvalue weighted by atomic mass is 19.2. The van der Waals surface area contributed by atoms with Gasteiger partial charge < -0.3 is 4.98 Å². The van der Waals surface area contributed by atoms with Gasteiger partial charge in [0.05, 0.1) is 11.3 Å². The Morgan fingerprint density at radius 3 is 2.69 bits per heavy atom. The smallest absolute Gasteiger partial charge is 0.255 e. The summed E-state index contributed by atoms with van der Waals surface area (Å²) in [4.78, 5) is 21.9. The zero-order valence-electron chi connectivity index (χ0n) is 14.0. The predicted molar refractivity (Wildman–Crippen MR) is 94.5 cm³/mol. The van der Waals surface area contributed by atoms with E-state index in [0.717, 1.165) is 17.3 Å². The molecule has 0 fully saturated rings. The van der Waals surface area contributed by atoms with Crippen LogP contribution >= 0.6 is 0 Å². The van der Waals surface area contributed by atoms with Crippen LogP contribution < -0.4 is 5.56 Å². The number of nitrogens with zero attached hydrogens (tertiary/aromatic N) is 2. The summed E-state index contributed by atoms with van der Waals surface area (Å²) < 4.78 is 27.3.